The molecule has 4 N–H and O–H groups in total. The number of aromatic nitrogens is 2. The standard InChI is InChI=1S/C22H22ClFN6O3/c1-29(2)10-9-26-22(33)19-18(20(25)31)27-12-30(19)15-6-4-14(5-7-15)28-21(32)16-8-3-13(24)11-17(16)23/h3-8,11-12H,9-10H2,1-2H3,(H2,25,31)(H,26,33)(H,28,32). The van der Waals surface area contributed by atoms with E-state index in [1.807, 2.05) is 19.0 Å². The summed E-state index contributed by atoms with van der Waals surface area (Å²) in [6.45, 7) is 0.977. The summed E-state index contributed by atoms with van der Waals surface area (Å²) in [7, 11) is 3.74. The molecule has 172 valence electrons. The van der Waals surface area contributed by atoms with E-state index < -0.39 is 23.5 Å². The first-order valence-electron chi connectivity index (χ1n) is 9.84. The normalized spacial score (nSPS) is 10.8. The molecular formula is C22H22ClFN6O3. The SMILES string of the molecule is CN(C)CCNC(=O)c1c(C(N)=O)ncn1-c1ccc(NC(=O)c2ccc(F)cc2Cl)cc1. The number of likely N-dealkylation sites (N-methyl/N-ethyl adjacent to an activating group) is 1. The van der Waals surface area contributed by atoms with E-state index in [0.29, 0.717) is 24.5 Å². The van der Waals surface area contributed by atoms with Crippen LogP contribution >= 0.6 is 11.6 Å². The summed E-state index contributed by atoms with van der Waals surface area (Å²) in [4.78, 5) is 42.8. The molecular weight excluding hydrogens is 451 g/mol. The smallest absolute Gasteiger partial charge is 0.270 e. The quantitative estimate of drug-likeness (QED) is 0.464. The van der Waals surface area contributed by atoms with Gasteiger partial charge in [0.15, 0.2) is 5.69 Å². The zero-order chi connectivity index (χ0) is 24.1. The summed E-state index contributed by atoms with van der Waals surface area (Å²) in [6, 6.07) is 9.95. The number of hydrogen-bond acceptors (Lipinski definition) is 5. The molecule has 9 nitrogen and oxygen atoms in total. The first kappa shape index (κ1) is 23.9. The fraction of sp³-hybridized carbons (Fsp3) is 0.182. The van der Waals surface area contributed by atoms with Crippen LogP contribution in [0.25, 0.3) is 5.69 Å². The third-order valence-electron chi connectivity index (χ3n) is 4.64. The number of amides is 3. The monoisotopic (exact) mass is 472 g/mol. The molecule has 2 aromatic carbocycles. The minimum Gasteiger partial charge on any atom is -0.364 e. The minimum absolute atomic E-state index is 0.00793. The molecule has 0 aliphatic carbocycles. The van der Waals surface area contributed by atoms with Crippen molar-refractivity contribution in [2.24, 2.45) is 5.73 Å². The molecule has 11 heteroatoms. The Morgan fingerprint density at radius 2 is 1.82 bits per heavy atom. The number of rotatable bonds is 8. The lowest BCUT2D eigenvalue weighted by atomic mass is 10.2. The van der Waals surface area contributed by atoms with Gasteiger partial charge in [0.1, 0.15) is 17.8 Å². The Morgan fingerprint density at radius 3 is 2.42 bits per heavy atom. The number of halogens is 2. The van der Waals surface area contributed by atoms with E-state index in [1.165, 1.54) is 17.0 Å². The fourth-order valence-electron chi connectivity index (χ4n) is 3.00. The van der Waals surface area contributed by atoms with Crippen molar-refractivity contribution >= 4 is 35.0 Å². The Hall–Kier alpha value is -3.76. The van der Waals surface area contributed by atoms with Gasteiger partial charge in [-0.15, -0.1) is 0 Å². The van der Waals surface area contributed by atoms with E-state index in [9.17, 15) is 18.8 Å². The van der Waals surface area contributed by atoms with Crippen LogP contribution in [-0.4, -0.2) is 59.4 Å². The van der Waals surface area contributed by atoms with Gasteiger partial charge in [0, 0.05) is 24.5 Å². The number of nitrogens with two attached hydrogens (primary N) is 1. The van der Waals surface area contributed by atoms with Crippen LogP contribution in [0.1, 0.15) is 31.3 Å². The second-order valence-corrected chi connectivity index (χ2v) is 7.77. The molecule has 0 atom stereocenters. The molecule has 0 radical (unpaired) electrons. The lowest BCUT2D eigenvalue weighted by Gasteiger charge is -2.13. The summed E-state index contributed by atoms with van der Waals surface area (Å²) < 4.78 is 14.6. The zero-order valence-electron chi connectivity index (χ0n) is 17.9. The van der Waals surface area contributed by atoms with E-state index in [2.05, 4.69) is 15.6 Å². The summed E-state index contributed by atoms with van der Waals surface area (Å²) in [5.74, 6) is -2.37. The van der Waals surface area contributed by atoms with Gasteiger partial charge < -0.3 is 21.3 Å². The van der Waals surface area contributed by atoms with Crippen LogP contribution in [0.3, 0.4) is 0 Å². The van der Waals surface area contributed by atoms with Gasteiger partial charge in [0.2, 0.25) is 0 Å². The fourth-order valence-corrected chi connectivity index (χ4v) is 3.25. The molecule has 3 aromatic rings. The third-order valence-corrected chi connectivity index (χ3v) is 4.95. The van der Waals surface area contributed by atoms with Crippen molar-refractivity contribution in [3.05, 3.63) is 76.6 Å². The Balaban J connectivity index is 1.82. The van der Waals surface area contributed by atoms with Crippen molar-refractivity contribution in [2.45, 2.75) is 0 Å². The maximum absolute atomic E-state index is 13.2. The average Bonchev–Trinajstić information content (AvgIpc) is 3.19. The van der Waals surface area contributed by atoms with Crippen LogP contribution < -0.4 is 16.4 Å². The van der Waals surface area contributed by atoms with E-state index in [1.54, 1.807) is 24.3 Å². The topological polar surface area (TPSA) is 122 Å². The first-order valence-corrected chi connectivity index (χ1v) is 10.2. The zero-order valence-corrected chi connectivity index (χ0v) is 18.7. The molecule has 0 aliphatic rings. The lowest BCUT2D eigenvalue weighted by Crippen LogP contribution is -2.33. The number of anilines is 1. The van der Waals surface area contributed by atoms with Gasteiger partial charge in [-0.05, 0) is 56.6 Å². The molecule has 0 unspecified atom stereocenters. The van der Waals surface area contributed by atoms with Crippen molar-refractivity contribution in [1.29, 1.82) is 0 Å². The predicted molar refractivity (Wildman–Crippen MR) is 122 cm³/mol. The average molecular weight is 473 g/mol. The number of imidazole rings is 1. The molecule has 3 amide bonds. The number of carbonyl (C=O) groups is 3. The molecule has 0 saturated heterocycles. The Kier molecular flexibility index (Phi) is 7.41. The van der Waals surface area contributed by atoms with Crippen LogP contribution in [0.5, 0.6) is 0 Å². The molecule has 1 aromatic heterocycles. The Labute approximate surface area is 194 Å². The molecule has 0 spiro atoms. The largest absolute Gasteiger partial charge is 0.364 e. The van der Waals surface area contributed by atoms with E-state index >= 15 is 0 Å². The van der Waals surface area contributed by atoms with E-state index in [4.69, 9.17) is 17.3 Å². The van der Waals surface area contributed by atoms with Crippen molar-refractivity contribution < 1.29 is 18.8 Å². The van der Waals surface area contributed by atoms with Crippen molar-refractivity contribution in [2.75, 3.05) is 32.5 Å². The maximum atomic E-state index is 13.2. The van der Waals surface area contributed by atoms with Crippen LogP contribution in [0, 0.1) is 5.82 Å². The second-order valence-electron chi connectivity index (χ2n) is 7.36. The lowest BCUT2D eigenvalue weighted by molar-refractivity contribution is 0.0926. The number of hydrogen-bond donors (Lipinski definition) is 3. The number of benzene rings is 2. The summed E-state index contributed by atoms with van der Waals surface area (Å²) in [5.41, 5.74) is 6.33. The van der Waals surface area contributed by atoms with Crippen LogP contribution in [0.2, 0.25) is 5.02 Å². The summed E-state index contributed by atoms with van der Waals surface area (Å²) in [6.07, 6.45) is 1.33. The van der Waals surface area contributed by atoms with Gasteiger partial charge in [-0.3, -0.25) is 19.0 Å². The molecule has 3 rings (SSSR count). The molecule has 0 bridgehead atoms. The van der Waals surface area contributed by atoms with Crippen LogP contribution in [-0.2, 0) is 0 Å². The summed E-state index contributed by atoms with van der Waals surface area (Å²) >= 11 is 5.93. The molecule has 0 fully saturated rings. The number of primary amides is 1. The highest BCUT2D eigenvalue weighted by molar-refractivity contribution is 6.34. The molecule has 33 heavy (non-hydrogen) atoms. The number of nitrogens with zero attached hydrogens (tertiary/aromatic N) is 3. The van der Waals surface area contributed by atoms with Gasteiger partial charge in [0.05, 0.1) is 10.6 Å². The molecule has 0 aliphatic heterocycles. The van der Waals surface area contributed by atoms with E-state index in [0.717, 1.165) is 12.1 Å². The Morgan fingerprint density at radius 1 is 1.12 bits per heavy atom. The van der Waals surface area contributed by atoms with Gasteiger partial charge in [0.25, 0.3) is 17.7 Å². The van der Waals surface area contributed by atoms with E-state index in [-0.39, 0.29) is 22.0 Å². The maximum Gasteiger partial charge on any atom is 0.270 e. The van der Waals surface area contributed by atoms with Crippen molar-refractivity contribution in [1.82, 2.24) is 19.8 Å². The van der Waals surface area contributed by atoms with Gasteiger partial charge >= 0.3 is 0 Å². The third kappa shape index (κ3) is 5.73. The highest BCUT2D eigenvalue weighted by atomic mass is 35.5. The molecule has 0 saturated carbocycles. The number of carbonyl (C=O) groups excluding carboxylic acids is 3. The molecule has 1 heterocycles. The van der Waals surface area contributed by atoms with Crippen LogP contribution in [0.4, 0.5) is 10.1 Å². The van der Waals surface area contributed by atoms with Gasteiger partial charge in [-0.25, -0.2) is 9.37 Å². The highest BCUT2D eigenvalue weighted by Gasteiger charge is 2.23. The first-order chi connectivity index (χ1) is 15.7. The summed E-state index contributed by atoms with van der Waals surface area (Å²) in [5, 5.41) is 5.40. The highest BCUT2D eigenvalue weighted by Crippen LogP contribution is 2.21. The van der Waals surface area contributed by atoms with Crippen LogP contribution in [0.15, 0.2) is 48.8 Å². The second kappa shape index (κ2) is 10.2. The minimum atomic E-state index is -0.827. The van der Waals surface area contributed by atoms with Crippen molar-refractivity contribution in [3.8, 4) is 5.69 Å². The van der Waals surface area contributed by atoms with Gasteiger partial charge in [-0.2, -0.15) is 0 Å². The van der Waals surface area contributed by atoms with Crippen molar-refractivity contribution in [3.63, 3.8) is 0 Å². The predicted octanol–water partition coefficient (Wildman–Crippen LogP) is 2.31. The van der Waals surface area contributed by atoms with Gasteiger partial charge in [-0.1, -0.05) is 11.6 Å². The number of nitrogens with one attached hydrogen (secondary N) is 2. The Bertz CT molecular complexity index is 1190.